The molecule has 136 valence electrons. The summed E-state index contributed by atoms with van der Waals surface area (Å²) in [7, 11) is 4.70. The number of carbonyl (C=O) groups is 1. The molecule has 6 heteroatoms. The van der Waals surface area contributed by atoms with Crippen LogP contribution < -0.4 is 14.2 Å². The first kappa shape index (κ1) is 16.6. The molecule has 2 aliphatic heterocycles. The number of hydrogen-bond donors (Lipinski definition) is 1. The number of fused-ring (bicyclic) bond motifs is 4. The number of carbonyl (C=O) groups excluding carboxylic acids is 1. The minimum atomic E-state index is -0.107. The number of ether oxygens (including phenoxy) is 3. The van der Waals surface area contributed by atoms with Gasteiger partial charge in [-0.3, -0.25) is 4.79 Å². The molecule has 0 aliphatic carbocycles. The Morgan fingerprint density at radius 1 is 1.04 bits per heavy atom. The van der Waals surface area contributed by atoms with E-state index >= 15 is 0 Å². The van der Waals surface area contributed by atoms with Gasteiger partial charge in [0.25, 0.3) is 5.91 Å². The molecule has 0 unspecified atom stereocenters. The van der Waals surface area contributed by atoms with E-state index < -0.39 is 0 Å². The zero-order valence-electron chi connectivity index (χ0n) is 15.0. The molecule has 1 atom stereocenters. The molecule has 0 radical (unpaired) electrons. The van der Waals surface area contributed by atoms with Gasteiger partial charge >= 0.3 is 0 Å². The van der Waals surface area contributed by atoms with Crippen molar-refractivity contribution in [1.29, 1.82) is 0 Å². The molecule has 0 bridgehead atoms. The van der Waals surface area contributed by atoms with Gasteiger partial charge in [0.05, 0.1) is 32.9 Å². The monoisotopic (exact) mass is 355 g/mol. The predicted octanol–water partition coefficient (Wildman–Crippen LogP) is 2.71. The Labute approximate surface area is 151 Å². The highest BCUT2D eigenvalue weighted by Gasteiger charge is 2.39. The number of methoxy groups -OCH3 is 3. The van der Waals surface area contributed by atoms with E-state index in [1.54, 1.807) is 26.4 Å². The fourth-order valence-corrected chi connectivity index (χ4v) is 4.07. The van der Waals surface area contributed by atoms with Gasteiger partial charge in [0, 0.05) is 6.54 Å². The minimum absolute atomic E-state index is 0.0122. The number of benzene rings is 2. The fourth-order valence-electron chi connectivity index (χ4n) is 4.07. The standard InChI is InChI=1S/C20H21NO5/c1-24-16-9-11-6-7-21-14(13(11)10-17(16)25-2)8-12-4-5-15(22)19(26-3)18(12)20(21)23/h4-5,9-10,14,22H,6-8H2,1-3H3/t14-/m0/s1. The molecule has 0 saturated heterocycles. The van der Waals surface area contributed by atoms with Gasteiger partial charge in [-0.2, -0.15) is 0 Å². The summed E-state index contributed by atoms with van der Waals surface area (Å²) in [6.07, 6.45) is 1.41. The van der Waals surface area contributed by atoms with Gasteiger partial charge in [-0.15, -0.1) is 0 Å². The zero-order valence-corrected chi connectivity index (χ0v) is 15.0. The number of amides is 1. The van der Waals surface area contributed by atoms with Gasteiger partial charge in [0.1, 0.15) is 0 Å². The van der Waals surface area contributed by atoms with E-state index in [4.69, 9.17) is 14.2 Å². The second-order valence-corrected chi connectivity index (χ2v) is 6.53. The molecule has 2 aromatic carbocycles. The highest BCUT2D eigenvalue weighted by atomic mass is 16.5. The van der Waals surface area contributed by atoms with Crippen molar-refractivity contribution in [3.8, 4) is 23.0 Å². The van der Waals surface area contributed by atoms with Crippen LogP contribution in [0.3, 0.4) is 0 Å². The summed E-state index contributed by atoms with van der Waals surface area (Å²) in [6.45, 7) is 0.615. The Balaban J connectivity index is 1.84. The van der Waals surface area contributed by atoms with Crippen molar-refractivity contribution < 1.29 is 24.1 Å². The molecular weight excluding hydrogens is 334 g/mol. The minimum Gasteiger partial charge on any atom is -0.504 e. The number of hydrogen-bond acceptors (Lipinski definition) is 5. The lowest BCUT2D eigenvalue weighted by Crippen LogP contribution is -2.44. The van der Waals surface area contributed by atoms with Crippen molar-refractivity contribution >= 4 is 5.91 Å². The summed E-state index contributed by atoms with van der Waals surface area (Å²) in [5.41, 5.74) is 3.60. The number of aromatic hydroxyl groups is 1. The lowest BCUT2D eigenvalue weighted by molar-refractivity contribution is 0.0626. The van der Waals surface area contributed by atoms with E-state index in [9.17, 15) is 9.90 Å². The first-order chi connectivity index (χ1) is 12.6. The molecule has 26 heavy (non-hydrogen) atoms. The molecule has 0 fully saturated rings. The Morgan fingerprint density at radius 2 is 1.77 bits per heavy atom. The van der Waals surface area contributed by atoms with Crippen LogP contribution in [0.5, 0.6) is 23.0 Å². The van der Waals surface area contributed by atoms with Crippen LogP contribution in [-0.4, -0.2) is 43.8 Å². The summed E-state index contributed by atoms with van der Waals surface area (Å²) in [5, 5.41) is 10.0. The Bertz CT molecular complexity index is 892. The van der Waals surface area contributed by atoms with Crippen LogP contribution in [0.25, 0.3) is 0 Å². The van der Waals surface area contributed by atoms with E-state index in [0.717, 1.165) is 17.5 Å². The maximum Gasteiger partial charge on any atom is 0.258 e. The smallest absolute Gasteiger partial charge is 0.258 e. The Morgan fingerprint density at radius 3 is 2.46 bits per heavy atom. The molecular formula is C20H21NO5. The van der Waals surface area contributed by atoms with Gasteiger partial charge in [-0.05, 0) is 47.7 Å². The molecule has 1 N–H and O–H groups in total. The number of phenols is 1. The molecule has 2 aliphatic rings. The Kier molecular flexibility index (Phi) is 3.90. The molecule has 4 rings (SSSR count). The molecule has 0 aromatic heterocycles. The van der Waals surface area contributed by atoms with Crippen molar-refractivity contribution in [2.75, 3.05) is 27.9 Å². The lowest BCUT2D eigenvalue weighted by atomic mass is 9.83. The highest BCUT2D eigenvalue weighted by molar-refractivity contribution is 6.01. The van der Waals surface area contributed by atoms with Crippen LogP contribution in [-0.2, 0) is 12.8 Å². The summed E-state index contributed by atoms with van der Waals surface area (Å²) in [4.78, 5) is 15.0. The summed E-state index contributed by atoms with van der Waals surface area (Å²) in [6, 6.07) is 7.30. The van der Waals surface area contributed by atoms with Gasteiger partial charge in [0.2, 0.25) is 0 Å². The van der Waals surface area contributed by atoms with E-state index in [-0.39, 0.29) is 23.4 Å². The number of phenolic OH excluding ortho intramolecular Hbond substituents is 1. The second kappa shape index (κ2) is 6.12. The van der Waals surface area contributed by atoms with Crippen LogP contribution in [0.2, 0.25) is 0 Å². The van der Waals surface area contributed by atoms with Crippen LogP contribution >= 0.6 is 0 Å². The van der Waals surface area contributed by atoms with Crippen molar-refractivity contribution in [3.63, 3.8) is 0 Å². The predicted molar refractivity (Wildman–Crippen MR) is 95.4 cm³/mol. The topological polar surface area (TPSA) is 68.2 Å². The first-order valence-corrected chi connectivity index (χ1v) is 8.53. The number of rotatable bonds is 3. The molecule has 1 amide bonds. The largest absolute Gasteiger partial charge is 0.504 e. The lowest BCUT2D eigenvalue weighted by Gasteiger charge is -2.41. The van der Waals surface area contributed by atoms with E-state index in [0.29, 0.717) is 30.0 Å². The van der Waals surface area contributed by atoms with E-state index in [1.807, 2.05) is 17.0 Å². The van der Waals surface area contributed by atoms with Crippen LogP contribution in [0.1, 0.15) is 33.1 Å². The normalized spacial score (nSPS) is 17.9. The summed E-state index contributed by atoms with van der Waals surface area (Å²) >= 11 is 0. The third-order valence-electron chi connectivity index (χ3n) is 5.32. The first-order valence-electron chi connectivity index (χ1n) is 8.53. The van der Waals surface area contributed by atoms with Crippen molar-refractivity contribution in [1.82, 2.24) is 4.90 Å². The summed E-state index contributed by atoms with van der Waals surface area (Å²) in [5.74, 6) is 1.50. The van der Waals surface area contributed by atoms with Crippen molar-refractivity contribution in [3.05, 3.63) is 46.5 Å². The van der Waals surface area contributed by atoms with Crippen LogP contribution in [0, 0.1) is 0 Å². The van der Waals surface area contributed by atoms with Gasteiger partial charge in [0.15, 0.2) is 23.0 Å². The number of nitrogens with zero attached hydrogens (tertiary/aromatic N) is 1. The zero-order chi connectivity index (χ0) is 18.4. The van der Waals surface area contributed by atoms with E-state index in [2.05, 4.69) is 0 Å². The van der Waals surface area contributed by atoms with Gasteiger partial charge < -0.3 is 24.2 Å². The highest BCUT2D eigenvalue weighted by Crippen LogP contribution is 2.45. The second-order valence-electron chi connectivity index (χ2n) is 6.53. The molecule has 2 heterocycles. The molecule has 6 nitrogen and oxygen atoms in total. The third-order valence-corrected chi connectivity index (χ3v) is 5.32. The maximum atomic E-state index is 13.1. The maximum absolute atomic E-state index is 13.1. The van der Waals surface area contributed by atoms with Crippen LogP contribution in [0.4, 0.5) is 0 Å². The average molecular weight is 355 g/mol. The van der Waals surface area contributed by atoms with E-state index in [1.165, 1.54) is 12.7 Å². The van der Waals surface area contributed by atoms with Gasteiger partial charge in [-0.1, -0.05) is 6.07 Å². The molecule has 2 aromatic rings. The van der Waals surface area contributed by atoms with Crippen LogP contribution in [0.15, 0.2) is 24.3 Å². The van der Waals surface area contributed by atoms with Crippen molar-refractivity contribution in [2.24, 2.45) is 0 Å². The average Bonchev–Trinajstić information content (AvgIpc) is 2.67. The molecule has 0 saturated carbocycles. The molecule has 0 spiro atoms. The summed E-state index contributed by atoms with van der Waals surface area (Å²) < 4.78 is 16.2. The van der Waals surface area contributed by atoms with Crippen molar-refractivity contribution in [2.45, 2.75) is 18.9 Å². The fraction of sp³-hybridized carbons (Fsp3) is 0.350. The third kappa shape index (κ3) is 2.29. The van der Waals surface area contributed by atoms with Gasteiger partial charge in [-0.25, -0.2) is 0 Å². The SMILES string of the molecule is COc1cc2c(cc1OC)[C@@H]1Cc3ccc(O)c(OC)c3C(=O)N1CC2. The quantitative estimate of drug-likeness (QED) is 0.917. The Hall–Kier alpha value is -2.89.